The van der Waals surface area contributed by atoms with E-state index < -0.39 is 0 Å². The van der Waals surface area contributed by atoms with E-state index in [1.54, 1.807) is 6.29 Å². The Kier molecular flexibility index (Phi) is 2.24. The third kappa shape index (κ3) is 1.42. The highest BCUT2D eigenvalue weighted by Gasteiger charge is 2.16. The summed E-state index contributed by atoms with van der Waals surface area (Å²) in [6.07, 6.45) is 3.89. The second-order valence-electron chi connectivity index (χ2n) is 1.78. The first-order chi connectivity index (χ1) is 3.93. The summed E-state index contributed by atoms with van der Waals surface area (Å²) in [5.74, 6) is 0. The Hall–Kier alpha value is -0.150. The van der Waals surface area contributed by atoms with Crippen LogP contribution in [0.4, 0.5) is 0 Å². The Bertz CT molecular complexity index is 86.4. The molecule has 0 aliphatic carbocycles. The van der Waals surface area contributed by atoms with Crippen LogP contribution in [0.1, 0.15) is 12.8 Å². The van der Waals surface area contributed by atoms with Crippen LogP contribution in [0.2, 0.25) is 0 Å². The van der Waals surface area contributed by atoms with E-state index in [0.717, 1.165) is 19.4 Å². The highest BCUT2D eigenvalue weighted by Crippen LogP contribution is 2.08. The van der Waals surface area contributed by atoms with Gasteiger partial charge in [-0.2, -0.15) is 0 Å². The smallest absolute Gasteiger partial charge is 0.293 e. The van der Waals surface area contributed by atoms with Crippen molar-refractivity contribution >= 4 is 19.2 Å². The molecule has 0 saturated carbocycles. The number of hydrogen-bond acceptors (Lipinski definition) is 2. The van der Waals surface area contributed by atoms with Crippen molar-refractivity contribution in [2.24, 2.45) is 0 Å². The first-order valence-corrected chi connectivity index (χ1v) is 3.00. The van der Waals surface area contributed by atoms with Gasteiger partial charge in [0.15, 0.2) is 6.10 Å². The zero-order valence-corrected chi connectivity index (χ0v) is 5.32. The van der Waals surface area contributed by atoms with Crippen LogP contribution >= 0.6 is 0 Å². The Labute approximate surface area is 54.2 Å². The van der Waals surface area contributed by atoms with E-state index >= 15 is 0 Å². The first kappa shape index (κ1) is 5.98. The molecule has 0 spiro atoms. The van der Waals surface area contributed by atoms with Gasteiger partial charge in [-0.3, -0.25) is 0 Å². The van der Waals surface area contributed by atoms with E-state index in [4.69, 9.17) is 4.74 Å². The van der Waals surface area contributed by atoms with Gasteiger partial charge in [0.25, 0.3) is 6.29 Å². The fourth-order valence-corrected chi connectivity index (χ4v) is 0.896. The minimum absolute atomic E-state index is 0.160. The first-order valence-electron chi connectivity index (χ1n) is 2.67. The summed E-state index contributed by atoms with van der Waals surface area (Å²) >= 11 is 4.25. The zero-order valence-electron chi connectivity index (χ0n) is 4.50. The average Bonchev–Trinajstić information content (AvgIpc) is 2.19. The van der Waals surface area contributed by atoms with Crippen LogP contribution in [0.5, 0.6) is 0 Å². The lowest BCUT2D eigenvalue weighted by molar-refractivity contribution is -0.240. The maximum absolute atomic E-state index is 5.15. The average molecular weight is 132 g/mol. The molecule has 0 N–H and O–H groups in total. The number of ether oxygens (including phenoxy) is 1. The topological polar surface area (TPSA) is 20.5 Å². The molecule has 0 aromatic heterocycles. The molecule has 1 aliphatic heterocycles. The van der Waals surface area contributed by atoms with Crippen molar-refractivity contribution in [3.05, 3.63) is 0 Å². The second-order valence-corrected chi connectivity index (χ2v) is 1.98. The Morgan fingerprint density at radius 3 is 3.12 bits per heavy atom. The molecule has 1 heterocycles. The Morgan fingerprint density at radius 1 is 1.75 bits per heavy atom. The molecule has 0 bridgehead atoms. The molecule has 1 fully saturated rings. The molecule has 2 nitrogen and oxygen atoms in total. The third-order valence-corrected chi connectivity index (χ3v) is 1.28. The molecule has 46 valence electrons. The molecule has 3 heteroatoms. The van der Waals surface area contributed by atoms with Crippen molar-refractivity contribution in [3.63, 3.8) is 0 Å². The summed E-state index contributed by atoms with van der Waals surface area (Å²) in [5, 5.41) is 0. The van der Waals surface area contributed by atoms with Crippen molar-refractivity contribution in [3.8, 4) is 0 Å². The molecule has 0 amide bonds. The van der Waals surface area contributed by atoms with Crippen LogP contribution < -0.4 is 0 Å². The van der Waals surface area contributed by atoms with Crippen LogP contribution in [0.25, 0.3) is 0 Å². The summed E-state index contributed by atoms with van der Waals surface area (Å²) in [7, 11) is 0. The maximum atomic E-state index is 5.15. The molecular formula is C5H8O2S. The van der Waals surface area contributed by atoms with Crippen LogP contribution in [-0.2, 0) is 21.5 Å². The predicted octanol–water partition coefficient (Wildman–Crippen LogP) is 0.362. The lowest BCUT2D eigenvalue weighted by Crippen LogP contribution is -2.06. The molecule has 1 aliphatic rings. The maximum Gasteiger partial charge on any atom is 0.293 e. The van der Waals surface area contributed by atoms with Gasteiger partial charge in [0.05, 0.1) is 0 Å². The summed E-state index contributed by atoms with van der Waals surface area (Å²) in [5.41, 5.74) is 0. The van der Waals surface area contributed by atoms with Gasteiger partial charge in [0, 0.05) is 6.61 Å². The standard InChI is InChI=1S/C5H8O2S/c8-7-4-5-2-1-3-6-5/h4-5H,1-3H2. The quantitative estimate of drug-likeness (QED) is 0.292. The molecule has 1 unspecified atom stereocenters. The van der Waals surface area contributed by atoms with Gasteiger partial charge >= 0.3 is 0 Å². The van der Waals surface area contributed by atoms with Crippen molar-refractivity contribution < 1.29 is 8.61 Å². The number of hydrogen-bond donors (Lipinski definition) is 0. The van der Waals surface area contributed by atoms with Gasteiger partial charge < -0.3 is 8.61 Å². The molecule has 0 radical (unpaired) electrons. The Morgan fingerprint density at radius 2 is 2.62 bits per heavy atom. The summed E-state index contributed by atoms with van der Waals surface area (Å²) in [4.78, 5) is 0. The molecule has 0 aromatic rings. The molecular weight excluding hydrogens is 124 g/mol. The fourth-order valence-electron chi connectivity index (χ4n) is 0.772. The normalized spacial score (nSPS) is 29.8. The van der Waals surface area contributed by atoms with E-state index in [1.165, 1.54) is 0 Å². The van der Waals surface area contributed by atoms with Gasteiger partial charge in [0.2, 0.25) is 0 Å². The van der Waals surface area contributed by atoms with Crippen LogP contribution in [0.15, 0.2) is 0 Å². The van der Waals surface area contributed by atoms with E-state index in [0.29, 0.717) is 0 Å². The van der Waals surface area contributed by atoms with Gasteiger partial charge in [-0.25, -0.2) is 12.9 Å². The monoisotopic (exact) mass is 132 g/mol. The van der Waals surface area contributed by atoms with E-state index in [2.05, 4.69) is 16.8 Å². The lowest BCUT2D eigenvalue weighted by atomic mass is 10.3. The number of aldehydes is 1. The molecule has 8 heavy (non-hydrogen) atoms. The predicted molar refractivity (Wildman–Crippen MR) is 32.4 cm³/mol. The number of rotatable bonds is 1. The van der Waals surface area contributed by atoms with Crippen molar-refractivity contribution in [2.75, 3.05) is 6.61 Å². The zero-order chi connectivity index (χ0) is 5.82. The lowest BCUT2D eigenvalue weighted by Gasteiger charge is -1.91. The third-order valence-electron chi connectivity index (χ3n) is 1.17. The van der Waals surface area contributed by atoms with E-state index in [1.807, 2.05) is 0 Å². The number of carbonyl (C=O) groups excluding carboxylic acids is 1. The molecule has 0 aromatic carbocycles. The van der Waals surface area contributed by atoms with Crippen molar-refractivity contribution in [1.29, 1.82) is 0 Å². The highest BCUT2D eigenvalue weighted by molar-refractivity contribution is 7.50. The van der Waals surface area contributed by atoms with Gasteiger partial charge in [-0.1, -0.05) is 0 Å². The van der Waals surface area contributed by atoms with Gasteiger partial charge in [0.1, 0.15) is 0 Å². The van der Waals surface area contributed by atoms with Crippen LogP contribution in [0, 0.1) is 0 Å². The molecule has 1 saturated heterocycles. The fraction of sp³-hybridized carbons (Fsp3) is 0.800. The van der Waals surface area contributed by atoms with Gasteiger partial charge in [-0.15, -0.1) is 0 Å². The minimum atomic E-state index is 0.160. The van der Waals surface area contributed by atoms with Crippen molar-refractivity contribution in [1.82, 2.24) is 0 Å². The van der Waals surface area contributed by atoms with Gasteiger partial charge in [-0.05, 0) is 12.8 Å². The summed E-state index contributed by atoms with van der Waals surface area (Å²) in [6.45, 7) is 0.847. The van der Waals surface area contributed by atoms with Crippen LogP contribution in [0.3, 0.4) is 0 Å². The molecule has 1 atom stereocenters. The highest BCUT2D eigenvalue weighted by atomic mass is 32.1. The Balaban J connectivity index is 2.24. The minimum Gasteiger partial charge on any atom is -0.365 e. The summed E-state index contributed by atoms with van der Waals surface area (Å²) < 4.78 is 9.51. The van der Waals surface area contributed by atoms with Crippen molar-refractivity contribution in [2.45, 2.75) is 18.9 Å². The van der Waals surface area contributed by atoms with Crippen LogP contribution in [-0.4, -0.2) is 19.0 Å². The summed E-state index contributed by atoms with van der Waals surface area (Å²) in [6, 6.07) is 0. The van der Waals surface area contributed by atoms with E-state index in [9.17, 15) is 0 Å². The van der Waals surface area contributed by atoms with E-state index in [-0.39, 0.29) is 6.10 Å². The largest absolute Gasteiger partial charge is 0.365 e. The SMILES string of the molecule is [S-][O+]=CC1CCCO1. The molecule has 1 rings (SSSR count). The second kappa shape index (κ2) is 2.99.